The summed E-state index contributed by atoms with van der Waals surface area (Å²) in [7, 11) is 0. The maximum Gasteiger partial charge on any atom is 0.286 e. The Kier molecular flexibility index (Phi) is 3.50. The van der Waals surface area contributed by atoms with Crippen LogP contribution in [0.2, 0.25) is 5.02 Å². The van der Waals surface area contributed by atoms with Gasteiger partial charge in [0.2, 0.25) is 5.82 Å². The average Bonchev–Trinajstić information content (AvgIpc) is 2.76. The molecule has 0 fully saturated rings. The van der Waals surface area contributed by atoms with E-state index in [2.05, 4.69) is 16.1 Å². The van der Waals surface area contributed by atoms with Gasteiger partial charge in [-0.3, -0.25) is 0 Å². The van der Waals surface area contributed by atoms with Crippen LogP contribution in [0, 0.1) is 12.3 Å². The molecule has 0 aliphatic heterocycles. The van der Waals surface area contributed by atoms with Crippen LogP contribution in [0.25, 0.3) is 11.4 Å². The Morgan fingerprint density at radius 2 is 2.12 bits per heavy atom. The highest BCUT2D eigenvalue weighted by Gasteiger charge is 2.07. The van der Waals surface area contributed by atoms with Gasteiger partial charge >= 0.3 is 0 Å². The third-order valence-electron chi connectivity index (χ3n) is 1.79. The minimum atomic E-state index is 0.475. The lowest BCUT2D eigenvalue weighted by Gasteiger charge is -1.92. The van der Waals surface area contributed by atoms with Gasteiger partial charge in [0.15, 0.2) is 0 Å². The second kappa shape index (κ2) is 5.06. The average molecular weight is 251 g/mol. The van der Waals surface area contributed by atoms with Gasteiger partial charge in [-0.1, -0.05) is 34.4 Å². The molecule has 0 atom stereocenters. The van der Waals surface area contributed by atoms with Crippen molar-refractivity contribution in [2.24, 2.45) is 0 Å². The first-order valence-electron chi connectivity index (χ1n) is 4.45. The van der Waals surface area contributed by atoms with Crippen molar-refractivity contribution in [2.75, 3.05) is 5.75 Å². The van der Waals surface area contributed by atoms with Crippen LogP contribution in [-0.2, 0) is 0 Å². The zero-order valence-electron chi connectivity index (χ0n) is 8.18. The summed E-state index contributed by atoms with van der Waals surface area (Å²) in [5, 5.41) is 5.00. The van der Waals surface area contributed by atoms with Crippen LogP contribution in [-0.4, -0.2) is 15.9 Å². The summed E-state index contributed by atoms with van der Waals surface area (Å²) in [6, 6.07) is 7.23. The SMILES string of the molecule is C#CCSc1nc(-c2ccc(Cl)cc2)no1. The fraction of sp³-hybridized carbons (Fsp3) is 0.0909. The van der Waals surface area contributed by atoms with Crippen LogP contribution < -0.4 is 0 Å². The van der Waals surface area contributed by atoms with E-state index >= 15 is 0 Å². The topological polar surface area (TPSA) is 38.9 Å². The van der Waals surface area contributed by atoms with Crippen LogP contribution >= 0.6 is 23.4 Å². The summed E-state index contributed by atoms with van der Waals surface area (Å²) in [5.41, 5.74) is 0.862. The van der Waals surface area contributed by atoms with Crippen LogP contribution in [0.1, 0.15) is 0 Å². The number of hydrogen-bond acceptors (Lipinski definition) is 4. The Labute approximate surface area is 102 Å². The van der Waals surface area contributed by atoms with Gasteiger partial charge in [0.05, 0.1) is 5.75 Å². The zero-order valence-corrected chi connectivity index (χ0v) is 9.76. The van der Waals surface area contributed by atoms with Crippen molar-refractivity contribution in [2.45, 2.75) is 5.22 Å². The molecule has 0 aliphatic rings. The van der Waals surface area contributed by atoms with Crippen LogP contribution in [0.15, 0.2) is 34.0 Å². The van der Waals surface area contributed by atoms with Gasteiger partial charge in [-0.2, -0.15) is 4.98 Å². The Balaban J connectivity index is 2.18. The fourth-order valence-corrected chi connectivity index (χ4v) is 1.66. The third-order valence-corrected chi connectivity index (χ3v) is 2.76. The summed E-state index contributed by atoms with van der Waals surface area (Å²) < 4.78 is 5.02. The van der Waals surface area contributed by atoms with Gasteiger partial charge < -0.3 is 4.52 Å². The molecule has 80 valence electrons. The van der Waals surface area contributed by atoms with E-state index < -0.39 is 0 Å². The highest BCUT2D eigenvalue weighted by molar-refractivity contribution is 7.99. The number of thioether (sulfide) groups is 1. The molecule has 1 aromatic heterocycles. The molecular formula is C11H7ClN2OS. The Bertz CT molecular complexity index is 516. The molecule has 0 unspecified atom stereocenters. The largest absolute Gasteiger partial charge is 0.327 e. The molecule has 0 spiro atoms. The summed E-state index contributed by atoms with van der Waals surface area (Å²) in [4.78, 5) is 4.19. The molecule has 0 saturated carbocycles. The molecule has 16 heavy (non-hydrogen) atoms. The van der Waals surface area contributed by atoms with Gasteiger partial charge in [-0.15, -0.1) is 6.42 Å². The summed E-state index contributed by atoms with van der Waals surface area (Å²) in [6.45, 7) is 0. The van der Waals surface area contributed by atoms with E-state index in [1.165, 1.54) is 11.8 Å². The number of rotatable bonds is 3. The number of nitrogens with zero attached hydrogens (tertiary/aromatic N) is 2. The van der Waals surface area contributed by atoms with E-state index in [9.17, 15) is 0 Å². The van der Waals surface area contributed by atoms with Crippen molar-refractivity contribution in [3.63, 3.8) is 0 Å². The maximum atomic E-state index is 5.78. The molecule has 1 heterocycles. The molecule has 0 amide bonds. The minimum Gasteiger partial charge on any atom is -0.327 e. The molecule has 3 nitrogen and oxygen atoms in total. The maximum absolute atomic E-state index is 5.78. The molecule has 0 bridgehead atoms. The molecular weight excluding hydrogens is 244 g/mol. The molecule has 1 aromatic carbocycles. The second-order valence-electron chi connectivity index (χ2n) is 2.88. The van der Waals surface area contributed by atoms with E-state index in [-0.39, 0.29) is 0 Å². The smallest absolute Gasteiger partial charge is 0.286 e. The molecule has 0 aliphatic carbocycles. The summed E-state index contributed by atoms with van der Waals surface area (Å²) in [5.74, 6) is 3.54. The lowest BCUT2D eigenvalue weighted by Crippen LogP contribution is -1.80. The van der Waals surface area contributed by atoms with E-state index in [4.69, 9.17) is 22.5 Å². The molecule has 0 saturated heterocycles. The van der Waals surface area contributed by atoms with Crippen molar-refractivity contribution in [1.82, 2.24) is 10.1 Å². The molecule has 0 radical (unpaired) electrons. The van der Waals surface area contributed by atoms with Gasteiger partial charge in [0.1, 0.15) is 0 Å². The minimum absolute atomic E-state index is 0.475. The van der Waals surface area contributed by atoms with Crippen molar-refractivity contribution in [3.8, 4) is 23.7 Å². The molecule has 2 rings (SSSR count). The van der Waals surface area contributed by atoms with Crippen LogP contribution in [0.4, 0.5) is 0 Å². The Morgan fingerprint density at radius 3 is 2.81 bits per heavy atom. The summed E-state index contributed by atoms with van der Waals surface area (Å²) in [6.07, 6.45) is 5.14. The van der Waals surface area contributed by atoms with Gasteiger partial charge in [-0.05, 0) is 24.3 Å². The number of aromatic nitrogens is 2. The number of terminal acetylenes is 1. The van der Waals surface area contributed by atoms with E-state index in [1.54, 1.807) is 12.1 Å². The van der Waals surface area contributed by atoms with Gasteiger partial charge in [0.25, 0.3) is 5.22 Å². The van der Waals surface area contributed by atoms with Gasteiger partial charge in [0, 0.05) is 10.6 Å². The van der Waals surface area contributed by atoms with E-state index in [0.29, 0.717) is 21.8 Å². The fourth-order valence-electron chi connectivity index (χ4n) is 1.09. The summed E-state index contributed by atoms with van der Waals surface area (Å²) >= 11 is 7.12. The lowest BCUT2D eigenvalue weighted by molar-refractivity contribution is 0.341. The predicted octanol–water partition coefficient (Wildman–Crippen LogP) is 3.12. The highest BCUT2D eigenvalue weighted by Crippen LogP contribution is 2.22. The first-order chi connectivity index (χ1) is 7.79. The molecule has 2 aromatic rings. The second-order valence-corrected chi connectivity index (χ2v) is 4.25. The van der Waals surface area contributed by atoms with Crippen LogP contribution in [0.3, 0.4) is 0 Å². The van der Waals surface area contributed by atoms with E-state index in [1.807, 2.05) is 12.1 Å². The van der Waals surface area contributed by atoms with Crippen molar-refractivity contribution < 1.29 is 4.52 Å². The highest BCUT2D eigenvalue weighted by atomic mass is 35.5. The predicted molar refractivity (Wildman–Crippen MR) is 64.3 cm³/mol. The van der Waals surface area contributed by atoms with Crippen molar-refractivity contribution in [1.29, 1.82) is 0 Å². The lowest BCUT2D eigenvalue weighted by atomic mass is 10.2. The normalized spacial score (nSPS) is 10.0. The quantitative estimate of drug-likeness (QED) is 0.620. The molecule has 0 N–H and O–H groups in total. The third kappa shape index (κ3) is 2.57. The Morgan fingerprint density at radius 1 is 1.38 bits per heavy atom. The number of benzene rings is 1. The Hall–Kier alpha value is -1.44. The number of hydrogen-bond donors (Lipinski definition) is 0. The van der Waals surface area contributed by atoms with Crippen LogP contribution in [0.5, 0.6) is 0 Å². The van der Waals surface area contributed by atoms with Crippen molar-refractivity contribution >= 4 is 23.4 Å². The molecule has 5 heteroatoms. The van der Waals surface area contributed by atoms with Crippen molar-refractivity contribution in [3.05, 3.63) is 29.3 Å². The first-order valence-corrected chi connectivity index (χ1v) is 5.82. The standard InChI is InChI=1S/C11H7ClN2OS/c1-2-7-16-11-13-10(14-15-11)8-3-5-9(12)6-4-8/h1,3-6H,7H2. The monoisotopic (exact) mass is 250 g/mol. The zero-order chi connectivity index (χ0) is 11.4. The first kappa shape index (κ1) is 11.1. The van der Waals surface area contributed by atoms with Gasteiger partial charge in [-0.25, -0.2) is 0 Å². The van der Waals surface area contributed by atoms with E-state index in [0.717, 1.165) is 5.56 Å². The number of halogens is 1.